The van der Waals surface area contributed by atoms with Crippen molar-refractivity contribution in [1.82, 2.24) is 13.9 Å². The Hall–Kier alpha value is -2.40. The summed E-state index contributed by atoms with van der Waals surface area (Å²) in [6.45, 7) is 7.32. The zero-order chi connectivity index (χ0) is 25.0. The summed E-state index contributed by atoms with van der Waals surface area (Å²) in [5, 5.41) is 0.817. The average molecular weight is 518 g/mol. The van der Waals surface area contributed by atoms with E-state index in [9.17, 15) is 13.2 Å². The fourth-order valence-corrected chi connectivity index (χ4v) is 6.67. The molecular formula is C25H31N3O5S2. The van der Waals surface area contributed by atoms with Crippen molar-refractivity contribution in [3.63, 3.8) is 0 Å². The topological polar surface area (TPSA) is 90.7 Å². The number of nitrogens with zero attached hydrogens (tertiary/aromatic N) is 3. The highest BCUT2D eigenvalue weighted by Gasteiger charge is 2.24. The highest BCUT2D eigenvalue weighted by molar-refractivity contribution is 7.98. The van der Waals surface area contributed by atoms with Gasteiger partial charge in [-0.1, -0.05) is 37.7 Å². The van der Waals surface area contributed by atoms with Gasteiger partial charge >= 0.3 is 5.97 Å². The summed E-state index contributed by atoms with van der Waals surface area (Å²) < 4.78 is 40.7. The first-order valence-electron chi connectivity index (χ1n) is 11.8. The third kappa shape index (κ3) is 5.88. The van der Waals surface area contributed by atoms with Gasteiger partial charge in [0, 0.05) is 32.4 Å². The van der Waals surface area contributed by atoms with Crippen molar-refractivity contribution in [3.8, 4) is 5.75 Å². The highest BCUT2D eigenvalue weighted by atomic mass is 32.2. The third-order valence-corrected chi connectivity index (χ3v) is 9.08. The molecule has 0 N–H and O–H groups in total. The largest absolute Gasteiger partial charge is 0.427 e. The number of thioether (sulfide) groups is 1. The minimum absolute atomic E-state index is 0.119. The van der Waals surface area contributed by atoms with Crippen LogP contribution in [0.2, 0.25) is 0 Å². The Morgan fingerprint density at radius 2 is 1.94 bits per heavy atom. The molecule has 0 spiro atoms. The van der Waals surface area contributed by atoms with Crippen molar-refractivity contribution in [2.24, 2.45) is 0 Å². The lowest BCUT2D eigenvalue weighted by Gasteiger charge is -2.18. The Kier molecular flexibility index (Phi) is 8.16. The van der Waals surface area contributed by atoms with Crippen LogP contribution in [0.25, 0.3) is 11.0 Å². The first-order chi connectivity index (χ1) is 16.8. The molecule has 2 aromatic carbocycles. The Labute approximate surface area is 210 Å². The first kappa shape index (κ1) is 25.7. The maximum Gasteiger partial charge on any atom is 0.308 e. The second-order valence-corrected chi connectivity index (χ2v) is 11.3. The zero-order valence-electron chi connectivity index (χ0n) is 20.3. The molecule has 0 aliphatic carbocycles. The van der Waals surface area contributed by atoms with E-state index in [0.717, 1.165) is 35.7 Å². The molecular weight excluding hydrogens is 486 g/mol. The fourth-order valence-electron chi connectivity index (χ4n) is 4.21. The van der Waals surface area contributed by atoms with Gasteiger partial charge in [0.15, 0.2) is 5.16 Å². The molecule has 1 fully saturated rings. The number of aromatic nitrogens is 2. The average Bonchev–Trinajstić information content (AvgIpc) is 3.47. The third-order valence-electron chi connectivity index (χ3n) is 5.99. The summed E-state index contributed by atoms with van der Waals surface area (Å²) in [5.74, 6) is 0.830. The molecule has 8 nitrogen and oxygen atoms in total. The van der Waals surface area contributed by atoms with Crippen LogP contribution in [0.5, 0.6) is 5.75 Å². The Morgan fingerprint density at radius 1 is 1.20 bits per heavy atom. The van der Waals surface area contributed by atoms with E-state index in [0.29, 0.717) is 36.7 Å². The number of sulfonamides is 1. The quantitative estimate of drug-likeness (QED) is 0.223. The van der Waals surface area contributed by atoms with Gasteiger partial charge in [-0.05, 0) is 48.7 Å². The van der Waals surface area contributed by atoms with E-state index in [2.05, 4.69) is 4.57 Å². The van der Waals surface area contributed by atoms with Gasteiger partial charge in [0.05, 0.1) is 28.6 Å². The van der Waals surface area contributed by atoms with Gasteiger partial charge in [-0.3, -0.25) is 4.79 Å². The number of imidazole rings is 1. The maximum absolute atomic E-state index is 13.0. The summed E-state index contributed by atoms with van der Waals surface area (Å²) in [7, 11) is -3.57. The van der Waals surface area contributed by atoms with Crippen molar-refractivity contribution in [3.05, 3.63) is 48.0 Å². The fraction of sp³-hybridized carbons (Fsp3) is 0.440. The molecule has 1 aromatic heterocycles. The number of rotatable bonds is 10. The molecule has 0 radical (unpaired) electrons. The van der Waals surface area contributed by atoms with E-state index in [-0.39, 0.29) is 17.0 Å². The number of ether oxygens (including phenoxy) is 2. The molecule has 4 rings (SSSR count). The van der Waals surface area contributed by atoms with E-state index in [4.69, 9.17) is 14.5 Å². The molecule has 0 unspecified atom stereocenters. The molecule has 1 aliphatic rings. The molecule has 1 saturated heterocycles. The minimum Gasteiger partial charge on any atom is -0.427 e. The molecule has 35 heavy (non-hydrogen) atoms. The molecule has 0 amide bonds. The van der Waals surface area contributed by atoms with E-state index in [1.54, 1.807) is 36.0 Å². The summed E-state index contributed by atoms with van der Waals surface area (Å²) in [4.78, 5) is 16.2. The van der Waals surface area contributed by atoms with Crippen molar-refractivity contribution in [2.45, 2.75) is 62.1 Å². The van der Waals surface area contributed by atoms with Gasteiger partial charge in [-0.15, -0.1) is 0 Å². The monoisotopic (exact) mass is 517 g/mol. The van der Waals surface area contributed by atoms with Gasteiger partial charge in [0.25, 0.3) is 0 Å². The molecule has 0 bridgehead atoms. The van der Waals surface area contributed by atoms with E-state index < -0.39 is 10.0 Å². The van der Waals surface area contributed by atoms with E-state index in [1.807, 2.05) is 32.0 Å². The molecule has 1 aliphatic heterocycles. The van der Waals surface area contributed by atoms with E-state index in [1.165, 1.54) is 11.2 Å². The molecule has 3 aromatic rings. The van der Waals surface area contributed by atoms with Gasteiger partial charge in [0.2, 0.25) is 10.0 Å². The maximum atomic E-state index is 13.0. The summed E-state index contributed by atoms with van der Waals surface area (Å²) in [6.07, 6.45) is 2.16. The van der Waals surface area contributed by atoms with Crippen LogP contribution in [0.1, 0.15) is 39.2 Å². The number of carbonyl (C=O) groups is 1. The summed E-state index contributed by atoms with van der Waals surface area (Å²) >= 11 is 1.59. The SMILES string of the molecule is CCN(CC)S(=O)(=O)c1ccc2c(c1)nc(SCc1ccc(OC(C)=O)cc1)n2C[C@H]1CCCO1. The van der Waals surface area contributed by atoms with E-state index >= 15 is 0 Å². The molecule has 2 heterocycles. The molecule has 188 valence electrons. The minimum atomic E-state index is -3.57. The summed E-state index contributed by atoms with van der Waals surface area (Å²) in [5.41, 5.74) is 2.61. The van der Waals surface area contributed by atoms with Crippen LogP contribution in [-0.2, 0) is 31.9 Å². The number of carbonyl (C=O) groups excluding carboxylic acids is 1. The Morgan fingerprint density at radius 3 is 2.57 bits per heavy atom. The second-order valence-electron chi connectivity index (χ2n) is 8.41. The number of benzene rings is 2. The van der Waals surface area contributed by atoms with Crippen LogP contribution >= 0.6 is 11.8 Å². The number of hydrogen-bond donors (Lipinski definition) is 0. The van der Waals surface area contributed by atoms with Crippen molar-refractivity contribution >= 4 is 38.8 Å². The molecule has 1 atom stereocenters. The zero-order valence-corrected chi connectivity index (χ0v) is 21.9. The van der Waals surface area contributed by atoms with Crippen molar-refractivity contribution < 1.29 is 22.7 Å². The van der Waals surface area contributed by atoms with Gasteiger partial charge in [-0.25, -0.2) is 13.4 Å². The van der Waals surface area contributed by atoms with Crippen LogP contribution in [0.3, 0.4) is 0 Å². The normalized spacial score (nSPS) is 16.3. The predicted octanol–water partition coefficient (Wildman–Crippen LogP) is 4.46. The van der Waals surface area contributed by atoms with Crippen molar-refractivity contribution in [2.75, 3.05) is 19.7 Å². The van der Waals surface area contributed by atoms with Crippen LogP contribution in [-0.4, -0.2) is 54.0 Å². The second kappa shape index (κ2) is 11.1. The molecule has 0 saturated carbocycles. The van der Waals surface area contributed by atoms with Crippen LogP contribution in [0.4, 0.5) is 0 Å². The standard InChI is InChI=1S/C25H31N3O5S2/c1-4-27(5-2)35(30,31)22-12-13-24-23(15-22)26-25(28(24)16-21-7-6-14-32-21)34-17-19-8-10-20(11-9-19)33-18(3)29/h8-13,15,21H,4-7,14,16-17H2,1-3H3/t21-/m1/s1. The lowest BCUT2D eigenvalue weighted by atomic mass is 10.2. The highest BCUT2D eigenvalue weighted by Crippen LogP contribution is 2.31. The predicted molar refractivity (Wildman–Crippen MR) is 136 cm³/mol. The summed E-state index contributed by atoms with van der Waals surface area (Å²) in [6, 6.07) is 12.6. The smallest absolute Gasteiger partial charge is 0.308 e. The Bertz CT molecular complexity index is 1280. The van der Waals surface area contributed by atoms with Gasteiger partial charge < -0.3 is 14.0 Å². The number of esters is 1. The number of fused-ring (bicyclic) bond motifs is 1. The van der Waals surface area contributed by atoms with Crippen molar-refractivity contribution in [1.29, 1.82) is 0 Å². The van der Waals surface area contributed by atoms with Crippen LogP contribution in [0.15, 0.2) is 52.5 Å². The lowest BCUT2D eigenvalue weighted by molar-refractivity contribution is -0.131. The Balaban J connectivity index is 1.63. The lowest BCUT2D eigenvalue weighted by Crippen LogP contribution is -2.30. The van der Waals surface area contributed by atoms with Crippen LogP contribution < -0.4 is 4.74 Å². The van der Waals surface area contributed by atoms with Gasteiger partial charge in [0.1, 0.15) is 5.75 Å². The first-order valence-corrected chi connectivity index (χ1v) is 14.3. The number of hydrogen-bond acceptors (Lipinski definition) is 7. The van der Waals surface area contributed by atoms with Crippen LogP contribution in [0, 0.1) is 0 Å². The van der Waals surface area contributed by atoms with Gasteiger partial charge in [-0.2, -0.15) is 4.31 Å². The molecule has 10 heteroatoms.